The van der Waals surface area contributed by atoms with Gasteiger partial charge in [0.15, 0.2) is 5.69 Å². The van der Waals surface area contributed by atoms with Crippen LogP contribution in [0.5, 0.6) is 0 Å². The first-order valence-corrected chi connectivity index (χ1v) is 5.76. The normalized spacial score (nSPS) is 13.8. The summed E-state index contributed by atoms with van der Waals surface area (Å²) in [7, 11) is 0. The molecule has 5 nitrogen and oxygen atoms in total. The predicted molar refractivity (Wildman–Crippen MR) is 65.7 cm³/mol. The number of rotatable bonds is 1. The third-order valence-electron chi connectivity index (χ3n) is 3.04. The third-order valence-corrected chi connectivity index (χ3v) is 3.04. The Labute approximate surface area is 105 Å². The van der Waals surface area contributed by atoms with Crippen molar-refractivity contribution in [3.8, 4) is 6.07 Å². The van der Waals surface area contributed by atoms with Crippen LogP contribution in [-0.4, -0.2) is 21.5 Å². The van der Waals surface area contributed by atoms with Crippen molar-refractivity contribution < 1.29 is 0 Å². The minimum atomic E-state index is 0.345. The second kappa shape index (κ2) is 4.41. The van der Waals surface area contributed by atoms with E-state index in [1.807, 2.05) is 18.3 Å². The third kappa shape index (κ3) is 1.89. The summed E-state index contributed by atoms with van der Waals surface area (Å²) >= 11 is 0. The van der Waals surface area contributed by atoms with Crippen molar-refractivity contribution in [3.63, 3.8) is 0 Å². The van der Waals surface area contributed by atoms with Crippen LogP contribution in [0.15, 0.2) is 30.7 Å². The molecule has 2 aromatic rings. The molecular formula is C13H11N5. The maximum atomic E-state index is 8.69. The van der Waals surface area contributed by atoms with Crippen LogP contribution in [0.2, 0.25) is 0 Å². The summed E-state index contributed by atoms with van der Waals surface area (Å²) in [4.78, 5) is 14.8. The Hall–Kier alpha value is -2.48. The van der Waals surface area contributed by atoms with E-state index in [4.69, 9.17) is 5.26 Å². The maximum Gasteiger partial charge on any atom is 0.158 e. The molecule has 1 aliphatic heterocycles. The van der Waals surface area contributed by atoms with Crippen LogP contribution in [0, 0.1) is 11.3 Å². The van der Waals surface area contributed by atoms with Gasteiger partial charge in [-0.3, -0.25) is 4.98 Å². The van der Waals surface area contributed by atoms with Crippen molar-refractivity contribution in [3.05, 3.63) is 47.7 Å². The molecule has 0 aliphatic carbocycles. The van der Waals surface area contributed by atoms with Crippen molar-refractivity contribution in [2.75, 3.05) is 11.4 Å². The zero-order chi connectivity index (χ0) is 12.4. The van der Waals surface area contributed by atoms with Gasteiger partial charge in [-0.05, 0) is 11.6 Å². The van der Waals surface area contributed by atoms with Gasteiger partial charge in [-0.1, -0.05) is 6.07 Å². The molecule has 5 heteroatoms. The second-order valence-electron chi connectivity index (χ2n) is 4.15. The summed E-state index contributed by atoms with van der Waals surface area (Å²) in [5.41, 5.74) is 2.74. The van der Waals surface area contributed by atoms with Gasteiger partial charge in [-0.2, -0.15) is 5.26 Å². The van der Waals surface area contributed by atoms with Gasteiger partial charge in [-0.15, -0.1) is 0 Å². The number of nitrogens with zero attached hydrogens (tertiary/aromatic N) is 5. The molecule has 0 N–H and O–H groups in total. The highest BCUT2D eigenvalue weighted by Gasteiger charge is 2.17. The minimum absolute atomic E-state index is 0.345. The highest BCUT2D eigenvalue weighted by molar-refractivity contribution is 5.41. The lowest BCUT2D eigenvalue weighted by Crippen LogP contribution is -2.31. The SMILES string of the molecule is N#Cc1cnc(N2CCc3ncccc3C2)cn1. The lowest BCUT2D eigenvalue weighted by molar-refractivity contribution is 0.700. The van der Waals surface area contributed by atoms with E-state index in [0.717, 1.165) is 31.0 Å². The summed E-state index contributed by atoms with van der Waals surface area (Å²) < 4.78 is 0. The number of aromatic nitrogens is 3. The average Bonchev–Trinajstić information content (AvgIpc) is 2.47. The fourth-order valence-electron chi connectivity index (χ4n) is 2.10. The van der Waals surface area contributed by atoms with Crippen LogP contribution in [0.4, 0.5) is 5.82 Å². The molecule has 0 atom stereocenters. The Balaban J connectivity index is 1.85. The number of anilines is 1. The molecule has 1 aliphatic rings. The van der Waals surface area contributed by atoms with Gasteiger partial charge in [0, 0.05) is 31.4 Å². The summed E-state index contributed by atoms with van der Waals surface area (Å²) in [6, 6.07) is 6.01. The molecular weight excluding hydrogens is 226 g/mol. The van der Waals surface area contributed by atoms with Gasteiger partial charge in [-0.25, -0.2) is 9.97 Å². The van der Waals surface area contributed by atoms with Crippen LogP contribution in [0.1, 0.15) is 17.0 Å². The average molecular weight is 237 g/mol. The van der Waals surface area contributed by atoms with E-state index in [9.17, 15) is 0 Å². The molecule has 3 rings (SSSR count). The first-order chi connectivity index (χ1) is 8.86. The number of nitriles is 1. The highest BCUT2D eigenvalue weighted by Crippen LogP contribution is 2.20. The molecule has 2 aromatic heterocycles. The lowest BCUT2D eigenvalue weighted by atomic mass is 10.1. The molecule has 0 fully saturated rings. The number of hydrogen-bond acceptors (Lipinski definition) is 5. The molecule has 0 aromatic carbocycles. The molecule has 0 saturated heterocycles. The molecule has 0 amide bonds. The Morgan fingerprint density at radius 3 is 2.94 bits per heavy atom. The lowest BCUT2D eigenvalue weighted by Gasteiger charge is -2.28. The standard InChI is InChI=1S/C13H11N5/c14-6-11-7-17-13(8-16-11)18-5-3-12-10(9-18)2-1-4-15-12/h1-2,4,7-8H,3,5,9H2. The Bertz CT molecular complexity index is 600. The Morgan fingerprint density at radius 1 is 1.22 bits per heavy atom. The summed E-state index contributed by atoms with van der Waals surface area (Å²) in [5, 5.41) is 8.69. The van der Waals surface area contributed by atoms with Crippen LogP contribution < -0.4 is 4.90 Å². The summed E-state index contributed by atoms with van der Waals surface area (Å²) in [5.74, 6) is 0.809. The van der Waals surface area contributed by atoms with Gasteiger partial charge in [0.05, 0.1) is 12.4 Å². The van der Waals surface area contributed by atoms with Crippen molar-refractivity contribution >= 4 is 5.82 Å². The van der Waals surface area contributed by atoms with Crippen molar-refractivity contribution in [2.24, 2.45) is 0 Å². The molecule has 0 radical (unpaired) electrons. The first kappa shape index (κ1) is 10.7. The van der Waals surface area contributed by atoms with Crippen LogP contribution in [0.25, 0.3) is 0 Å². The van der Waals surface area contributed by atoms with E-state index >= 15 is 0 Å². The topological polar surface area (TPSA) is 65.7 Å². The van der Waals surface area contributed by atoms with E-state index in [0.29, 0.717) is 5.69 Å². The zero-order valence-corrected chi connectivity index (χ0v) is 9.74. The van der Waals surface area contributed by atoms with Gasteiger partial charge < -0.3 is 4.90 Å². The molecule has 0 spiro atoms. The number of fused-ring (bicyclic) bond motifs is 1. The smallest absolute Gasteiger partial charge is 0.158 e. The first-order valence-electron chi connectivity index (χ1n) is 5.76. The Morgan fingerprint density at radius 2 is 2.17 bits per heavy atom. The summed E-state index contributed by atoms with van der Waals surface area (Å²) in [6.07, 6.45) is 5.90. The Kier molecular flexibility index (Phi) is 2.61. The zero-order valence-electron chi connectivity index (χ0n) is 9.74. The van der Waals surface area contributed by atoms with Crippen LogP contribution >= 0.6 is 0 Å². The molecule has 3 heterocycles. The van der Waals surface area contributed by atoms with E-state index < -0.39 is 0 Å². The van der Waals surface area contributed by atoms with Crippen molar-refractivity contribution in [2.45, 2.75) is 13.0 Å². The van der Waals surface area contributed by atoms with Gasteiger partial charge >= 0.3 is 0 Å². The van der Waals surface area contributed by atoms with Crippen LogP contribution in [-0.2, 0) is 13.0 Å². The van der Waals surface area contributed by atoms with Gasteiger partial charge in [0.2, 0.25) is 0 Å². The predicted octanol–water partition coefficient (Wildman–Crippen LogP) is 1.31. The van der Waals surface area contributed by atoms with Crippen LogP contribution in [0.3, 0.4) is 0 Å². The largest absolute Gasteiger partial charge is 0.351 e. The van der Waals surface area contributed by atoms with E-state index in [-0.39, 0.29) is 0 Å². The highest BCUT2D eigenvalue weighted by atomic mass is 15.2. The maximum absolute atomic E-state index is 8.69. The van der Waals surface area contributed by atoms with E-state index in [1.165, 1.54) is 11.8 Å². The quantitative estimate of drug-likeness (QED) is 0.748. The fraction of sp³-hybridized carbons (Fsp3) is 0.231. The monoisotopic (exact) mass is 237 g/mol. The fourth-order valence-corrected chi connectivity index (χ4v) is 2.10. The van der Waals surface area contributed by atoms with E-state index in [1.54, 1.807) is 6.20 Å². The number of hydrogen-bond donors (Lipinski definition) is 0. The van der Waals surface area contributed by atoms with E-state index in [2.05, 4.69) is 25.9 Å². The molecule has 0 bridgehead atoms. The minimum Gasteiger partial charge on any atom is -0.351 e. The summed E-state index contributed by atoms with van der Waals surface area (Å²) in [6.45, 7) is 1.67. The molecule has 0 saturated carbocycles. The molecule has 18 heavy (non-hydrogen) atoms. The number of pyridine rings is 1. The molecule has 0 unspecified atom stereocenters. The van der Waals surface area contributed by atoms with Gasteiger partial charge in [0.1, 0.15) is 11.9 Å². The van der Waals surface area contributed by atoms with Crippen molar-refractivity contribution in [1.29, 1.82) is 5.26 Å². The van der Waals surface area contributed by atoms with Gasteiger partial charge in [0.25, 0.3) is 0 Å². The molecule has 88 valence electrons. The van der Waals surface area contributed by atoms with Crippen molar-refractivity contribution in [1.82, 2.24) is 15.0 Å². The second-order valence-corrected chi connectivity index (χ2v) is 4.15.